The highest BCUT2D eigenvalue weighted by Crippen LogP contribution is 2.22. The predicted octanol–water partition coefficient (Wildman–Crippen LogP) is 4.94. The zero-order valence-electron chi connectivity index (χ0n) is 17.2. The summed E-state index contributed by atoms with van der Waals surface area (Å²) in [5, 5.41) is 9.86. The third-order valence-corrected chi connectivity index (χ3v) is 5.34. The van der Waals surface area contributed by atoms with Gasteiger partial charge in [-0.2, -0.15) is 0 Å². The standard InChI is InChI=1S/C26H25N3O2/c30-26(28-31)15-14-20-10-12-21(13-11-20)19-29(23-6-2-1-3-7-23)17-16-22-18-27-25-9-5-4-8-24(22)25/h1-15,18,27,31H,16-17,19H2,(H,28,30). The van der Waals surface area contributed by atoms with Gasteiger partial charge < -0.3 is 9.88 Å². The summed E-state index contributed by atoms with van der Waals surface area (Å²) < 4.78 is 0. The second-order valence-corrected chi connectivity index (χ2v) is 7.42. The molecule has 3 aromatic carbocycles. The van der Waals surface area contributed by atoms with E-state index in [0.717, 1.165) is 25.1 Å². The van der Waals surface area contributed by atoms with E-state index in [2.05, 4.69) is 70.7 Å². The molecule has 5 heteroatoms. The van der Waals surface area contributed by atoms with Crippen LogP contribution >= 0.6 is 0 Å². The number of amides is 1. The van der Waals surface area contributed by atoms with Crippen molar-refractivity contribution in [2.75, 3.05) is 11.4 Å². The van der Waals surface area contributed by atoms with Gasteiger partial charge in [-0.25, -0.2) is 5.48 Å². The summed E-state index contributed by atoms with van der Waals surface area (Å²) in [5.41, 5.74) is 7.35. The Morgan fingerprint density at radius 3 is 2.48 bits per heavy atom. The first-order chi connectivity index (χ1) is 15.2. The SMILES string of the molecule is O=C(C=Cc1ccc(CN(CCc2c[nH]c3ccccc23)c2ccccc2)cc1)NO. The van der Waals surface area contributed by atoms with Gasteiger partial charge in [0.05, 0.1) is 0 Å². The van der Waals surface area contributed by atoms with Crippen molar-refractivity contribution in [3.8, 4) is 0 Å². The van der Waals surface area contributed by atoms with E-state index in [-0.39, 0.29) is 0 Å². The van der Waals surface area contributed by atoms with Crippen LogP contribution in [0, 0.1) is 0 Å². The van der Waals surface area contributed by atoms with Gasteiger partial charge in [0.2, 0.25) is 0 Å². The largest absolute Gasteiger partial charge is 0.367 e. The Hall–Kier alpha value is -3.83. The van der Waals surface area contributed by atoms with Crippen LogP contribution in [0.3, 0.4) is 0 Å². The van der Waals surface area contributed by atoms with Gasteiger partial charge in [-0.05, 0) is 47.4 Å². The molecule has 0 radical (unpaired) electrons. The van der Waals surface area contributed by atoms with Gasteiger partial charge in [0.1, 0.15) is 0 Å². The van der Waals surface area contributed by atoms with Gasteiger partial charge in [-0.15, -0.1) is 0 Å². The maximum Gasteiger partial charge on any atom is 0.267 e. The van der Waals surface area contributed by atoms with Crippen LogP contribution in [-0.4, -0.2) is 22.6 Å². The maximum atomic E-state index is 11.1. The summed E-state index contributed by atoms with van der Waals surface area (Å²) >= 11 is 0. The molecule has 0 aliphatic heterocycles. The molecule has 1 heterocycles. The van der Waals surface area contributed by atoms with Gasteiger partial charge in [-0.1, -0.05) is 60.7 Å². The minimum Gasteiger partial charge on any atom is -0.367 e. The van der Waals surface area contributed by atoms with E-state index in [0.29, 0.717) is 0 Å². The number of carbonyl (C=O) groups excluding carboxylic acids is 1. The van der Waals surface area contributed by atoms with Gasteiger partial charge in [0.15, 0.2) is 0 Å². The average molecular weight is 412 g/mol. The first-order valence-electron chi connectivity index (χ1n) is 10.3. The van der Waals surface area contributed by atoms with Crippen LogP contribution in [0.15, 0.2) is 91.1 Å². The molecule has 4 rings (SSSR count). The molecule has 3 N–H and O–H groups in total. The number of H-pyrrole nitrogens is 1. The lowest BCUT2D eigenvalue weighted by Crippen LogP contribution is -2.25. The number of nitrogens with zero attached hydrogens (tertiary/aromatic N) is 1. The van der Waals surface area contributed by atoms with E-state index in [1.807, 2.05) is 24.3 Å². The van der Waals surface area contributed by atoms with Crippen molar-refractivity contribution in [1.29, 1.82) is 0 Å². The fourth-order valence-electron chi connectivity index (χ4n) is 3.70. The minimum absolute atomic E-state index is 0.545. The minimum atomic E-state index is -0.545. The van der Waals surface area contributed by atoms with Gasteiger partial charge >= 0.3 is 0 Å². The number of fused-ring (bicyclic) bond motifs is 1. The number of benzene rings is 3. The molecular formula is C26H25N3O2. The fraction of sp³-hybridized carbons (Fsp3) is 0.115. The molecule has 0 spiro atoms. The van der Waals surface area contributed by atoms with Crippen molar-refractivity contribution in [2.24, 2.45) is 0 Å². The predicted molar refractivity (Wildman–Crippen MR) is 125 cm³/mol. The molecule has 0 fully saturated rings. The van der Waals surface area contributed by atoms with Crippen LogP contribution in [0.2, 0.25) is 0 Å². The number of hydrogen-bond acceptors (Lipinski definition) is 3. The second-order valence-electron chi connectivity index (χ2n) is 7.42. The Morgan fingerprint density at radius 1 is 0.968 bits per heavy atom. The highest BCUT2D eigenvalue weighted by Gasteiger charge is 2.10. The van der Waals surface area contributed by atoms with Crippen LogP contribution in [0.1, 0.15) is 16.7 Å². The molecule has 31 heavy (non-hydrogen) atoms. The fourth-order valence-corrected chi connectivity index (χ4v) is 3.70. The van der Waals surface area contributed by atoms with E-state index in [9.17, 15) is 4.79 Å². The van der Waals surface area contributed by atoms with E-state index < -0.39 is 5.91 Å². The lowest BCUT2D eigenvalue weighted by molar-refractivity contribution is -0.124. The second kappa shape index (κ2) is 9.78. The number of aromatic nitrogens is 1. The van der Waals surface area contributed by atoms with Crippen molar-refractivity contribution in [3.63, 3.8) is 0 Å². The Morgan fingerprint density at radius 2 is 1.71 bits per heavy atom. The van der Waals surface area contributed by atoms with Crippen LogP contribution in [-0.2, 0) is 17.8 Å². The third-order valence-electron chi connectivity index (χ3n) is 5.34. The number of aromatic amines is 1. The van der Waals surface area contributed by atoms with Crippen molar-refractivity contribution >= 4 is 28.6 Å². The first kappa shape index (κ1) is 20.4. The molecular weight excluding hydrogens is 386 g/mol. The van der Waals surface area contributed by atoms with Gasteiger partial charge in [-0.3, -0.25) is 10.0 Å². The smallest absolute Gasteiger partial charge is 0.267 e. The molecule has 0 aliphatic rings. The normalized spacial score (nSPS) is 11.1. The van der Waals surface area contributed by atoms with Crippen molar-refractivity contribution in [1.82, 2.24) is 10.5 Å². The highest BCUT2D eigenvalue weighted by atomic mass is 16.5. The zero-order chi connectivity index (χ0) is 21.5. The molecule has 1 amide bonds. The Labute approximate surface area is 181 Å². The van der Waals surface area contributed by atoms with E-state index in [1.165, 1.54) is 33.8 Å². The summed E-state index contributed by atoms with van der Waals surface area (Å²) in [6, 6.07) is 26.9. The molecule has 0 saturated carbocycles. The molecule has 0 bridgehead atoms. The Bertz CT molecular complexity index is 1160. The van der Waals surface area contributed by atoms with E-state index >= 15 is 0 Å². The lowest BCUT2D eigenvalue weighted by Gasteiger charge is -2.25. The Kier molecular flexibility index (Phi) is 6.45. The molecule has 5 nitrogen and oxygen atoms in total. The van der Waals surface area contributed by atoms with Crippen molar-refractivity contribution in [3.05, 3.63) is 108 Å². The average Bonchev–Trinajstić information content (AvgIpc) is 3.24. The molecule has 0 aliphatic carbocycles. The number of hydrogen-bond donors (Lipinski definition) is 3. The summed E-state index contributed by atoms with van der Waals surface area (Å²) in [7, 11) is 0. The summed E-state index contributed by atoms with van der Waals surface area (Å²) in [6.07, 6.45) is 6.02. The Balaban J connectivity index is 1.49. The topological polar surface area (TPSA) is 68.4 Å². The van der Waals surface area contributed by atoms with E-state index in [1.54, 1.807) is 11.6 Å². The number of rotatable bonds is 8. The quantitative estimate of drug-likeness (QED) is 0.219. The maximum absolute atomic E-state index is 11.1. The lowest BCUT2D eigenvalue weighted by atomic mass is 10.1. The number of nitrogens with one attached hydrogen (secondary N) is 2. The molecule has 0 unspecified atom stereocenters. The van der Waals surface area contributed by atoms with Crippen LogP contribution < -0.4 is 10.4 Å². The van der Waals surface area contributed by atoms with E-state index in [4.69, 9.17) is 5.21 Å². The number of carbonyl (C=O) groups is 1. The van der Waals surface area contributed by atoms with Crippen LogP contribution in [0.25, 0.3) is 17.0 Å². The summed E-state index contributed by atoms with van der Waals surface area (Å²) in [4.78, 5) is 16.9. The van der Waals surface area contributed by atoms with Crippen LogP contribution in [0.4, 0.5) is 5.69 Å². The molecule has 0 atom stereocenters. The summed E-state index contributed by atoms with van der Waals surface area (Å²) in [6.45, 7) is 1.68. The molecule has 0 saturated heterocycles. The van der Waals surface area contributed by atoms with Gasteiger partial charge in [0.25, 0.3) is 5.91 Å². The molecule has 4 aromatic rings. The summed E-state index contributed by atoms with van der Waals surface area (Å²) in [5.74, 6) is -0.545. The van der Waals surface area contributed by atoms with Crippen molar-refractivity contribution < 1.29 is 10.0 Å². The molecule has 156 valence electrons. The monoisotopic (exact) mass is 411 g/mol. The number of para-hydroxylation sites is 2. The molecule has 1 aromatic heterocycles. The third kappa shape index (κ3) is 5.21. The van der Waals surface area contributed by atoms with Crippen molar-refractivity contribution in [2.45, 2.75) is 13.0 Å². The van der Waals surface area contributed by atoms with Gasteiger partial charge in [0, 0.05) is 42.0 Å². The zero-order valence-corrected chi connectivity index (χ0v) is 17.2. The first-order valence-corrected chi connectivity index (χ1v) is 10.3. The van der Waals surface area contributed by atoms with Crippen LogP contribution in [0.5, 0.6) is 0 Å². The highest BCUT2D eigenvalue weighted by molar-refractivity contribution is 5.90. The number of hydroxylamine groups is 1. The number of anilines is 1.